The van der Waals surface area contributed by atoms with Crippen molar-refractivity contribution in [2.45, 2.75) is 24.7 Å². The first-order valence-electron chi connectivity index (χ1n) is 5.59. The molecule has 1 aliphatic rings. The molecule has 2 aromatic rings. The molecule has 8 heteroatoms. The number of nitrogens with two attached hydrogens (primary N) is 1. The second-order valence-electron chi connectivity index (χ2n) is 4.23. The first-order valence-corrected chi connectivity index (χ1v) is 5.59. The van der Waals surface area contributed by atoms with Crippen molar-refractivity contribution in [1.82, 2.24) is 19.6 Å². The summed E-state index contributed by atoms with van der Waals surface area (Å²) in [6.45, 7) is -0.124. The monoisotopic (exact) mass is 251 g/mol. The van der Waals surface area contributed by atoms with E-state index in [4.69, 9.17) is 15.6 Å². The van der Waals surface area contributed by atoms with Crippen LogP contribution in [0.1, 0.15) is 18.2 Å². The van der Waals surface area contributed by atoms with Gasteiger partial charge in [-0.05, 0) is 0 Å². The first-order chi connectivity index (χ1) is 8.70. The van der Waals surface area contributed by atoms with Gasteiger partial charge in [-0.1, -0.05) is 0 Å². The van der Waals surface area contributed by atoms with Gasteiger partial charge in [0.1, 0.15) is 12.4 Å². The summed E-state index contributed by atoms with van der Waals surface area (Å²) in [7, 11) is 0. The fourth-order valence-corrected chi connectivity index (χ4v) is 2.18. The van der Waals surface area contributed by atoms with Crippen LogP contribution < -0.4 is 5.73 Å². The van der Waals surface area contributed by atoms with Crippen molar-refractivity contribution >= 4 is 11.5 Å². The molecule has 0 radical (unpaired) electrons. The topological polar surface area (TPSA) is 119 Å². The number of aromatic nitrogens is 4. The van der Waals surface area contributed by atoms with Crippen LogP contribution in [0, 0.1) is 0 Å². The van der Waals surface area contributed by atoms with Gasteiger partial charge in [-0.3, -0.25) is 0 Å². The average Bonchev–Trinajstić information content (AvgIpc) is 2.93. The van der Waals surface area contributed by atoms with E-state index < -0.39 is 12.2 Å². The van der Waals surface area contributed by atoms with Crippen molar-refractivity contribution in [2.24, 2.45) is 0 Å². The zero-order chi connectivity index (χ0) is 12.7. The number of anilines is 1. The molecule has 1 aliphatic heterocycles. The first kappa shape index (κ1) is 11.3. The van der Waals surface area contributed by atoms with Gasteiger partial charge in [0.05, 0.1) is 30.7 Å². The van der Waals surface area contributed by atoms with Gasteiger partial charge >= 0.3 is 0 Å². The van der Waals surface area contributed by atoms with Crippen LogP contribution in [0.15, 0.2) is 12.5 Å². The van der Waals surface area contributed by atoms with E-state index in [0.29, 0.717) is 17.8 Å². The number of hydrogen-bond acceptors (Lipinski definition) is 7. The van der Waals surface area contributed by atoms with E-state index in [-0.39, 0.29) is 18.5 Å². The molecular weight excluding hydrogens is 238 g/mol. The van der Waals surface area contributed by atoms with Crippen molar-refractivity contribution in [3.63, 3.8) is 0 Å². The van der Waals surface area contributed by atoms with Crippen molar-refractivity contribution in [2.75, 3.05) is 12.3 Å². The fraction of sp³-hybridized carbons (Fsp3) is 0.500. The molecule has 0 spiro atoms. The molecule has 2 aromatic heterocycles. The number of ether oxygens (including phenoxy) is 1. The molecule has 1 fully saturated rings. The Labute approximate surface area is 102 Å². The van der Waals surface area contributed by atoms with E-state index in [1.54, 1.807) is 6.20 Å². The SMILES string of the molecule is Nc1ncnn2c([C@@H]3O[C@H](CO)C[C@H]3O)cnc12. The number of rotatable bonds is 2. The lowest BCUT2D eigenvalue weighted by atomic mass is 10.1. The van der Waals surface area contributed by atoms with Crippen LogP contribution >= 0.6 is 0 Å². The van der Waals surface area contributed by atoms with Gasteiger partial charge in [-0.2, -0.15) is 5.10 Å². The van der Waals surface area contributed by atoms with Gasteiger partial charge in [0.15, 0.2) is 11.5 Å². The Bertz CT molecular complexity index is 572. The van der Waals surface area contributed by atoms with E-state index in [0.717, 1.165) is 0 Å². The van der Waals surface area contributed by atoms with Crippen molar-refractivity contribution in [1.29, 1.82) is 0 Å². The van der Waals surface area contributed by atoms with Crippen LogP contribution in [0.2, 0.25) is 0 Å². The third-order valence-electron chi connectivity index (χ3n) is 3.05. The summed E-state index contributed by atoms with van der Waals surface area (Å²) in [5, 5.41) is 23.0. The summed E-state index contributed by atoms with van der Waals surface area (Å²) < 4.78 is 7.05. The lowest BCUT2D eigenvalue weighted by Gasteiger charge is -2.13. The molecule has 0 aromatic carbocycles. The minimum absolute atomic E-state index is 0.124. The molecule has 0 bridgehead atoms. The van der Waals surface area contributed by atoms with Crippen LogP contribution in [-0.2, 0) is 4.74 Å². The Morgan fingerprint density at radius 2 is 2.33 bits per heavy atom. The normalized spacial score (nSPS) is 28.0. The van der Waals surface area contributed by atoms with Crippen molar-refractivity contribution in [3.05, 3.63) is 18.2 Å². The van der Waals surface area contributed by atoms with E-state index in [2.05, 4.69) is 15.1 Å². The van der Waals surface area contributed by atoms with Crippen LogP contribution in [0.25, 0.3) is 5.65 Å². The van der Waals surface area contributed by atoms with E-state index in [1.165, 1.54) is 10.8 Å². The molecule has 8 nitrogen and oxygen atoms in total. The van der Waals surface area contributed by atoms with Crippen LogP contribution in [-0.4, -0.2) is 48.6 Å². The second kappa shape index (κ2) is 4.16. The summed E-state index contributed by atoms with van der Waals surface area (Å²) >= 11 is 0. The molecule has 3 rings (SSSR count). The van der Waals surface area contributed by atoms with Gasteiger partial charge in [0, 0.05) is 6.42 Å². The molecule has 0 aliphatic carbocycles. The quantitative estimate of drug-likeness (QED) is 0.619. The molecule has 1 saturated heterocycles. The standard InChI is InChI=1S/C10H13N5O3/c11-9-10-12-2-6(15(10)14-4-13-9)8-7(17)1-5(3-16)18-8/h2,4-5,7-8,16-17H,1,3H2,(H2,11,13,14)/t5-,7+,8-/m0/s1. The smallest absolute Gasteiger partial charge is 0.196 e. The zero-order valence-corrected chi connectivity index (χ0v) is 9.47. The second-order valence-corrected chi connectivity index (χ2v) is 4.23. The molecule has 18 heavy (non-hydrogen) atoms. The van der Waals surface area contributed by atoms with E-state index >= 15 is 0 Å². The van der Waals surface area contributed by atoms with Gasteiger partial charge in [0.2, 0.25) is 0 Å². The van der Waals surface area contributed by atoms with E-state index in [9.17, 15) is 5.11 Å². The summed E-state index contributed by atoms with van der Waals surface area (Å²) in [4.78, 5) is 7.94. The van der Waals surface area contributed by atoms with Crippen molar-refractivity contribution < 1.29 is 14.9 Å². The average molecular weight is 251 g/mol. The van der Waals surface area contributed by atoms with Gasteiger partial charge in [-0.25, -0.2) is 14.5 Å². The molecule has 0 amide bonds. The Hall–Kier alpha value is -1.77. The van der Waals surface area contributed by atoms with Gasteiger partial charge in [-0.15, -0.1) is 0 Å². The highest BCUT2D eigenvalue weighted by Gasteiger charge is 2.36. The number of fused-ring (bicyclic) bond motifs is 1. The molecule has 4 N–H and O–H groups in total. The fourth-order valence-electron chi connectivity index (χ4n) is 2.18. The maximum absolute atomic E-state index is 9.94. The zero-order valence-electron chi connectivity index (χ0n) is 9.47. The maximum atomic E-state index is 9.94. The number of aliphatic hydroxyl groups excluding tert-OH is 2. The lowest BCUT2D eigenvalue weighted by molar-refractivity contribution is -0.0137. The lowest BCUT2D eigenvalue weighted by Crippen LogP contribution is -2.15. The predicted octanol–water partition coefficient (Wildman–Crippen LogP) is -1.11. The summed E-state index contributed by atoms with van der Waals surface area (Å²) in [6.07, 6.45) is 1.63. The summed E-state index contributed by atoms with van der Waals surface area (Å²) in [6, 6.07) is 0. The van der Waals surface area contributed by atoms with Crippen LogP contribution in [0.5, 0.6) is 0 Å². The molecule has 3 heterocycles. The minimum Gasteiger partial charge on any atom is -0.394 e. The number of hydrogen-bond donors (Lipinski definition) is 3. The third kappa shape index (κ3) is 1.62. The highest BCUT2D eigenvalue weighted by atomic mass is 16.5. The Kier molecular flexibility index (Phi) is 2.62. The largest absolute Gasteiger partial charge is 0.394 e. The third-order valence-corrected chi connectivity index (χ3v) is 3.05. The molecule has 3 atom stereocenters. The van der Waals surface area contributed by atoms with Crippen LogP contribution in [0.4, 0.5) is 5.82 Å². The Balaban J connectivity index is 2.02. The summed E-state index contributed by atoms with van der Waals surface area (Å²) in [5.74, 6) is 0.266. The minimum atomic E-state index is -0.696. The molecule has 96 valence electrons. The van der Waals surface area contributed by atoms with Gasteiger partial charge in [0.25, 0.3) is 0 Å². The number of nitrogens with zero attached hydrogens (tertiary/aromatic N) is 4. The van der Waals surface area contributed by atoms with E-state index in [1.807, 2.05) is 0 Å². The number of aliphatic hydroxyl groups is 2. The molecule has 0 unspecified atom stereocenters. The maximum Gasteiger partial charge on any atom is 0.196 e. The molecule has 0 saturated carbocycles. The Morgan fingerprint density at radius 3 is 3.06 bits per heavy atom. The predicted molar refractivity (Wildman–Crippen MR) is 60.5 cm³/mol. The van der Waals surface area contributed by atoms with Crippen LogP contribution in [0.3, 0.4) is 0 Å². The highest BCUT2D eigenvalue weighted by Crippen LogP contribution is 2.33. The Morgan fingerprint density at radius 1 is 1.50 bits per heavy atom. The highest BCUT2D eigenvalue weighted by molar-refractivity contribution is 5.58. The molecular formula is C10H13N5O3. The number of nitrogen functional groups attached to an aromatic ring is 1. The van der Waals surface area contributed by atoms with Gasteiger partial charge < -0.3 is 20.7 Å². The van der Waals surface area contributed by atoms with Crippen molar-refractivity contribution in [3.8, 4) is 0 Å². The summed E-state index contributed by atoms with van der Waals surface area (Å²) in [5.41, 5.74) is 6.70. The number of imidazole rings is 1.